The predicted octanol–water partition coefficient (Wildman–Crippen LogP) is 2.82. The normalized spacial score (nSPS) is 20.1. The highest BCUT2D eigenvalue weighted by atomic mass is 16.6. The van der Waals surface area contributed by atoms with Crippen molar-refractivity contribution in [3.05, 3.63) is 39.8 Å². The molecule has 7 nitrogen and oxygen atoms in total. The number of nitrogens with zero attached hydrogens (tertiary/aromatic N) is 3. The van der Waals surface area contributed by atoms with Crippen LogP contribution in [0.5, 0.6) is 5.75 Å². The van der Waals surface area contributed by atoms with Crippen molar-refractivity contribution in [3.8, 4) is 5.75 Å². The van der Waals surface area contributed by atoms with E-state index in [9.17, 15) is 9.59 Å². The van der Waals surface area contributed by atoms with Gasteiger partial charge in [0.15, 0.2) is 5.78 Å². The number of esters is 1. The summed E-state index contributed by atoms with van der Waals surface area (Å²) in [7, 11) is 1.48. The lowest BCUT2D eigenvalue weighted by atomic mass is 9.95. The Morgan fingerprint density at radius 2 is 2.09 bits per heavy atom. The average Bonchev–Trinajstić information content (AvgIpc) is 2.71. The molecule has 1 aliphatic rings. The Bertz CT molecular complexity index is 687. The maximum absolute atomic E-state index is 12.7. The molecule has 0 amide bonds. The van der Waals surface area contributed by atoms with Gasteiger partial charge in [0.1, 0.15) is 11.4 Å². The number of methoxy groups -OCH3 is 1. The molecule has 0 heterocycles. The fourth-order valence-corrected chi connectivity index (χ4v) is 2.35. The van der Waals surface area contributed by atoms with Crippen molar-refractivity contribution in [2.75, 3.05) is 7.11 Å². The third-order valence-electron chi connectivity index (χ3n) is 3.34. The molecule has 2 rings (SSSR count). The summed E-state index contributed by atoms with van der Waals surface area (Å²) >= 11 is 0. The lowest BCUT2D eigenvalue weighted by molar-refractivity contribution is -0.159. The summed E-state index contributed by atoms with van der Waals surface area (Å²) in [6.07, 6.45) is -0.00979. The van der Waals surface area contributed by atoms with E-state index in [2.05, 4.69) is 10.0 Å². The monoisotopic (exact) mass is 303 g/mol. The van der Waals surface area contributed by atoms with Gasteiger partial charge < -0.3 is 9.47 Å². The van der Waals surface area contributed by atoms with Crippen molar-refractivity contribution in [2.24, 2.45) is 5.11 Å². The summed E-state index contributed by atoms with van der Waals surface area (Å²) < 4.78 is 10.4. The molecule has 0 aliphatic heterocycles. The van der Waals surface area contributed by atoms with Gasteiger partial charge >= 0.3 is 5.97 Å². The van der Waals surface area contributed by atoms with Gasteiger partial charge in [0.05, 0.1) is 7.11 Å². The standard InChI is InChI=1S/C15H17N3O4/c1-14(2,3)22-13(20)15(17-18-16)8-9-5-6-10(21-4)7-11(9)12(15)19/h5-7H,8H2,1-4H3/t15-/m1/s1. The number of fused-ring (bicyclic) bond motifs is 1. The van der Waals surface area contributed by atoms with Gasteiger partial charge in [-0.05, 0) is 44.0 Å². The molecule has 1 aliphatic carbocycles. The Labute approximate surface area is 127 Å². The topological polar surface area (TPSA) is 101 Å². The molecule has 116 valence electrons. The van der Waals surface area contributed by atoms with Crippen molar-refractivity contribution >= 4 is 11.8 Å². The number of ether oxygens (including phenoxy) is 2. The largest absolute Gasteiger partial charge is 0.497 e. The number of benzene rings is 1. The van der Waals surface area contributed by atoms with Crippen molar-refractivity contribution in [1.82, 2.24) is 0 Å². The Hall–Kier alpha value is -2.53. The first kappa shape index (κ1) is 15.9. The number of hydrogen-bond donors (Lipinski definition) is 0. The molecule has 22 heavy (non-hydrogen) atoms. The highest BCUT2D eigenvalue weighted by Gasteiger charge is 2.53. The summed E-state index contributed by atoms with van der Waals surface area (Å²) in [5.74, 6) is -0.903. The quantitative estimate of drug-likeness (QED) is 0.281. The van der Waals surface area contributed by atoms with Crippen LogP contribution in [-0.4, -0.2) is 30.0 Å². The first-order chi connectivity index (χ1) is 10.2. The Morgan fingerprint density at radius 1 is 1.41 bits per heavy atom. The van der Waals surface area contributed by atoms with Crippen LogP contribution in [0.3, 0.4) is 0 Å². The van der Waals surface area contributed by atoms with Gasteiger partial charge in [0, 0.05) is 16.9 Å². The lowest BCUT2D eigenvalue weighted by Gasteiger charge is -2.26. The Kier molecular flexibility index (Phi) is 3.85. The summed E-state index contributed by atoms with van der Waals surface area (Å²) in [6.45, 7) is 5.05. The number of hydrogen-bond acceptors (Lipinski definition) is 5. The molecule has 0 aromatic heterocycles. The van der Waals surface area contributed by atoms with Crippen molar-refractivity contribution < 1.29 is 19.1 Å². The molecule has 0 unspecified atom stereocenters. The van der Waals surface area contributed by atoms with E-state index in [0.717, 1.165) is 0 Å². The number of azide groups is 1. The van der Waals surface area contributed by atoms with Gasteiger partial charge in [0.2, 0.25) is 5.54 Å². The minimum atomic E-state index is -1.88. The van der Waals surface area contributed by atoms with Gasteiger partial charge in [-0.25, -0.2) is 0 Å². The van der Waals surface area contributed by atoms with Crippen LogP contribution in [0.2, 0.25) is 0 Å². The molecule has 0 N–H and O–H groups in total. The van der Waals surface area contributed by atoms with Gasteiger partial charge in [-0.1, -0.05) is 11.2 Å². The molecule has 0 radical (unpaired) electrons. The minimum absolute atomic E-state index is 0.00979. The SMILES string of the molecule is COc1ccc2c(c1)C(=O)[C@@](N=[N+]=[N-])(C(=O)OC(C)(C)C)C2. The molecule has 1 atom stereocenters. The van der Waals surface area contributed by atoms with Crippen molar-refractivity contribution in [1.29, 1.82) is 0 Å². The zero-order valence-electron chi connectivity index (χ0n) is 12.9. The predicted molar refractivity (Wildman–Crippen MR) is 78.8 cm³/mol. The Morgan fingerprint density at radius 3 is 2.64 bits per heavy atom. The van der Waals surface area contributed by atoms with E-state index in [1.165, 1.54) is 13.2 Å². The van der Waals surface area contributed by atoms with Crippen LogP contribution in [0.4, 0.5) is 0 Å². The number of Topliss-reactive ketones (excluding diaryl/α,β-unsaturated/α-hetero) is 1. The second-order valence-corrected chi connectivity index (χ2v) is 6.08. The van der Waals surface area contributed by atoms with Gasteiger partial charge in [-0.2, -0.15) is 0 Å². The van der Waals surface area contributed by atoms with E-state index >= 15 is 0 Å². The van der Waals surface area contributed by atoms with Crippen LogP contribution in [-0.2, 0) is 16.0 Å². The van der Waals surface area contributed by atoms with E-state index in [1.54, 1.807) is 32.9 Å². The zero-order chi connectivity index (χ0) is 16.5. The van der Waals surface area contributed by atoms with E-state index in [4.69, 9.17) is 15.0 Å². The molecule has 0 saturated carbocycles. The lowest BCUT2D eigenvalue weighted by Crippen LogP contribution is -2.46. The highest BCUT2D eigenvalue weighted by Crippen LogP contribution is 2.37. The number of carbonyl (C=O) groups excluding carboxylic acids is 2. The van der Waals surface area contributed by atoms with E-state index in [1.807, 2.05) is 0 Å². The summed E-state index contributed by atoms with van der Waals surface area (Å²) in [5, 5.41) is 3.51. The van der Waals surface area contributed by atoms with E-state index < -0.39 is 22.9 Å². The van der Waals surface area contributed by atoms with Crippen molar-refractivity contribution in [2.45, 2.75) is 38.3 Å². The molecule has 0 spiro atoms. The fraction of sp³-hybridized carbons (Fsp3) is 0.467. The van der Waals surface area contributed by atoms with E-state index in [-0.39, 0.29) is 6.42 Å². The Balaban J connectivity index is 2.49. The maximum atomic E-state index is 12.7. The molecule has 1 aromatic rings. The van der Waals surface area contributed by atoms with Crippen LogP contribution in [0, 0.1) is 0 Å². The van der Waals surface area contributed by atoms with Crippen LogP contribution < -0.4 is 4.74 Å². The number of rotatable bonds is 3. The third-order valence-corrected chi connectivity index (χ3v) is 3.34. The van der Waals surface area contributed by atoms with Crippen LogP contribution >= 0.6 is 0 Å². The second kappa shape index (κ2) is 5.35. The highest BCUT2D eigenvalue weighted by molar-refractivity contribution is 6.20. The van der Waals surface area contributed by atoms with Gasteiger partial charge in [0.25, 0.3) is 0 Å². The number of ketones is 1. The molecule has 0 bridgehead atoms. The first-order valence-electron chi connectivity index (χ1n) is 6.75. The molecule has 0 saturated heterocycles. The first-order valence-corrected chi connectivity index (χ1v) is 6.75. The molecular formula is C15H17N3O4. The van der Waals surface area contributed by atoms with Crippen LogP contribution in [0.15, 0.2) is 23.3 Å². The van der Waals surface area contributed by atoms with Gasteiger partial charge in [-0.3, -0.25) is 9.59 Å². The molecule has 7 heteroatoms. The molecule has 0 fully saturated rings. The zero-order valence-corrected chi connectivity index (χ0v) is 12.9. The average molecular weight is 303 g/mol. The second-order valence-electron chi connectivity index (χ2n) is 6.08. The maximum Gasteiger partial charge on any atom is 0.326 e. The fourth-order valence-electron chi connectivity index (χ4n) is 2.35. The summed E-state index contributed by atoms with van der Waals surface area (Å²) in [4.78, 5) is 27.8. The van der Waals surface area contributed by atoms with Crippen LogP contribution in [0.1, 0.15) is 36.7 Å². The smallest absolute Gasteiger partial charge is 0.326 e. The van der Waals surface area contributed by atoms with Gasteiger partial charge in [-0.15, -0.1) is 0 Å². The number of carbonyl (C=O) groups is 2. The van der Waals surface area contributed by atoms with Crippen molar-refractivity contribution in [3.63, 3.8) is 0 Å². The van der Waals surface area contributed by atoms with E-state index in [0.29, 0.717) is 16.9 Å². The summed E-state index contributed by atoms with van der Waals surface area (Å²) in [5.41, 5.74) is 7.09. The molecule has 1 aromatic carbocycles. The minimum Gasteiger partial charge on any atom is -0.497 e. The van der Waals surface area contributed by atoms with Crippen LogP contribution in [0.25, 0.3) is 10.4 Å². The molecular weight excluding hydrogens is 286 g/mol. The summed E-state index contributed by atoms with van der Waals surface area (Å²) in [6, 6.07) is 4.91. The third kappa shape index (κ3) is 2.63.